The third-order valence-corrected chi connectivity index (χ3v) is 5.59. The lowest BCUT2D eigenvalue weighted by Gasteiger charge is -2.33. The van der Waals surface area contributed by atoms with Crippen molar-refractivity contribution in [3.05, 3.63) is 59.6 Å². The summed E-state index contributed by atoms with van der Waals surface area (Å²) in [4.78, 5) is 31.4. The first kappa shape index (κ1) is 18.4. The molecule has 3 rings (SSSR count). The molecular formula is C19H19FN2O3S. The number of ether oxygens (including phenoxy) is 1. The van der Waals surface area contributed by atoms with Crippen LogP contribution >= 0.6 is 11.8 Å². The largest absolute Gasteiger partial charge is 0.458 e. The molecule has 7 heteroatoms. The number of carbonyl (C=O) groups excluding carboxylic acids is 2. The number of amides is 1. The molecule has 0 saturated carbocycles. The number of fused-ring (bicyclic) bond motifs is 1. The maximum atomic E-state index is 14.6. The van der Waals surface area contributed by atoms with Crippen LogP contribution < -0.4 is 0 Å². The Kier molecular flexibility index (Phi) is 5.27. The van der Waals surface area contributed by atoms with Gasteiger partial charge in [-0.2, -0.15) is 0 Å². The summed E-state index contributed by atoms with van der Waals surface area (Å²) in [7, 11) is 0. The zero-order valence-corrected chi connectivity index (χ0v) is 15.4. The standard InChI is InChI=1S/C19H19FN2O3S/c1-4-10-25-18(24)15-11(3)21-19-22(17(23)14(5-2)26-19)16(15)12-8-6-7-9-13(12)20/h4,6-9,14,16H,1,5,10H2,2-3H3. The number of hydrogen-bond donors (Lipinski definition) is 0. The Balaban J connectivity index is 2.14. The highest BCUT2D eigenvalue weighted by molar-refractivity contribution is 8.15. The van der Waals surface area contributed by atoms with E-state index in [4.69, 9.17) is 4.74 Å². The Bertz CT molecular complexity index is 834. The van der Waals surface area contributed by atoms with Crippen molar-refractivity contribution in [1.29, 1.82) is 0 Å². The van der Waals surface area contributed by atoms with Crippen molar-refractivity contribution in [3.8, 4) is 0 Å². The van der Waals surface area contributed by atoms with Crippen LogP contribution in [0.15, 0.2) is 53.2 Å². The first-order chi connectivity index (χ1) is 12.5. The summed E-state index contributed by atoms with van der Waals surface area (Å²) in [5, 5.41) is 0.201. The molecule has 1 fully saturated rings. The van der Waals surface area contributed by atoms with E-state index in [-0.39, 0.29) is 28.9 Å². The molecule has 2 aliphatic rings. The Labute approximate surface area is 155 Å². The van der Waals surface area contributed by atoms with Crippen LogP contribution in [0.25, 0.3) is 0 Å². The van der Waals surface area contributed by atoms with Crippen molar-refractivity contribution in [2.45, 2.75) is 31.6 Å². The molecule has 2 aliphatic heterocycles. The number of halogens is 1. The van der Waals surface area contributed by atoms with Crippen LogP contribution in [0.5, 0.6) is 0 Å². The summed E-state index contributed by atoms with van der Waals surface area (Å²) in [6.45, 7) is 7.13. The van der Waals surface area contributed by atoms with Gasteiger partial charge < -0.3 is 4.74 Å². The number of nitrogens with zero attached hydrogens (tertiary/aromatic N) is 2. The summed E-state index contributed by atoms with van der Waals surface area (Å²) in [6, 6.07) is 5.24. The molecule has 0 bridgehead atoms. The number of esters is 1. The van der Waals surface area contributed by atoms with Crippen molar-refractivity contribution in [2.75, 3.05) is 6.61 Å². The summed E-state index contributed by atoms with van der Waals surface area (Å²) in [5.74, 6) is -1.29. The molecule has 2 atom stereocenters. The zero-order chi connectivity index (χ0) is 18.8. The fraction of sp³-hybridized carbons (Fsp3) is 0.316. The Hall–Kier alpha value is -2.41. The van der Waals surface area contributed by atoms with E-state index in [1.165, 1.54) is 28.8 Å². The van der Waals surface area contributed by atoms with E-state index < -0.39 is 17.8 Å². The van der Waals surface area contributed by atoms with Gasteiger partial charge in [0.05, 0.1) is 16.5 Å². The molecule has 26 heavy (non-hydrogen) atoms. The van der Waals surface area contributed by atoms with Crippen LogP contribution in [0.2, 0.25) is 0 Å². The average molecular weight is 374 g/mol. The van der Waals surface area contributed by atoms with Crippen molar-refractivity contribution in [3.63, 3.8) is 0 Å². The molecule has 0 aliphatic carbocycles. The molecule has 1 aromatic rings. The van der Waals surface area contributed by atoms with Gasteiger partial charge >= 0.3 is 5.97 Å². The Morgan fingerprint density at radius 1 is 1.46 bits per heavy atom. The molecule has 2 heterocycles. The van der Waals surface area contributed by atoms with Crippen molar-refractivity contribution in [1.82, 2.24) is 4.90 Å². The maximum absolute atomic E-state index is 14.6. The van der Waals surface area contributed by atoms with Crippen LogP contribution in [-0.4, -0.2) is 33.8 Å². The van der Waals surface area contributed by atoms with E-state index in [0.717, 1.165) is 0 Å². The van der Waals surface area contributed by atoms with Crippen LogP contribution in [0.1, 0.15) is 31.9 Å². The maximum Gasteiger partial charge on any atom is 0.338 e. The lowest BCUT2D eigenvalue weighted by Crippen LogP contribution is -2.41. The van der Waals surface area contributed by atoms with Gasteiger partial charge in [-0.15, -0.1) is 0 Å². The highest BCUT2D eigenvalue weighted by Gasteiger charge is 2.47. The van der Waals surface area contributed by atoms with E-state index in [9.17, 15) is 14.0 Å². The van der Waals surface area contributed by atoms with Gasteiger partial charge in [-0.1, -0.05) is 49.5 Å². The topological polar surface area (TPSA) is 59.0 Å². The number of hydrogen-bond acceptors (Lipinski definition) is 5. The lowest BCUT2D eigenvalue weighted by molar-refractivity contribution is -0.139. The quantitative estimate of drug-likeness (QED) is 0.584. The van der Waals surface area contributed by atoms with Gasteiger partial charge in [-0.3, -0.25) is 9.69 Å². The van der Waals surface area contributed by atoms with Crippen LogP contribution in [0, 0.1) is 5.82 Å². The van der Waals surface area contributed by atoms with Crippen LogP contribution in [-0.2, 0) is 14.3 Å². The Morgan fingerprint density at radius 2 is 2.19 bits per heavy atom. The monoisotopic (exact) mass is 374 g/mol. The minimum Gasteiger partial charge on any atom is -0.458 e. The Morgan fingerprint density at radius 3 is 2.85 bits per heavy atom. The molecule has 1 saturated heterocycles. The summed E-state index contributed by atoms with van der Waals surface area (Å²) in [5.41, 5.74) is 0.845. The molecule has 1 aromatic carbocycles. The average Bonchev–Trinajstić information content (AvgIpc) is 2.94. The fourth-order valence-electron chi connectivity index (χ4n) is 3.05. The summed E-state index contributed by atoms with van der Waals surface area (Å²) in [6.07, 6.45) is 2.08. The van der Waals surface area contributed by atoms with Gasteiger partial charge in [-0.25, -0.2) is 14.2 Å². The third kappa shape index (κ3) is 3.07. The van der Waals surface area contributed by atoms with E-state index in [1.54, 1.807) is 25.1 Å². The first-order valence-electron chi connectivity index (χ1n) is 8.31. The molecule has 0 N–H and O–H groups in total. The highest BCUT2D eigenvalue weighted by Crippen LogP contribution is 2.44. The normalized spacial score (nSPS) is 22.2. The number of aliphatic imine (C=N–C) groups is 1. The first-order valence-corrected chi connectivity index (χ1v) is 9.19. The molecular weight excluding hydrogens is 355 g/mol. The van der Waals surface area contributed by atoms with Crippen molar-refractivity contribution < 1.29 is 18.7 Å². The third-order valence-electron chi connectivity index (χ3n) is 4.27. The number of benzene rings is 1. The fourth-order valence-corrected chi connectivity index (χ4v) is 4.19. The zero-order valence-electron chi connectivity index (χ0n) is 14.6. The van der Waals surface area contributed by atoms with E-state index in [0.29, 0.717) is 17.3 Å². The number of allylic oxidation sites excluding steroid dienone is 1. The van der Waals surface area contributed by atoms with Gasteiger partial charge in [0.1, 0.15) is 18.5 Å². The van der Waals surface area contributed by atoms with Crippen molar-refractivity contribution >= 4 is 28.8 Å². The molecule has 136 valence electrons. The molecule has 2 unspecified atom stereocenters. The number of rotatable bonds is 5. The second-order valence-electron chi connectivity index (χ2n) is 5.93. The number of carbonyl (C=O) groups is 2. The number of thioether (sulfide) groups is 1. The minimum atomic E-state index is -0.891. The highest BCUT2D eigenvalue weighted by atomic mass is 32.2. The molecule has 0 spiro atoms. The van der Waals surface area contributed by atoms with Gasteiger partial charge in [0.15, 0.2) is 5.17 Å². The lowest BCUT2D eigenvalue weighted by atomic mass is 9.94. The van der Waals surface area contributed by atoms with Gasteiger partial charge in [-0.05, 0) is 19.4 Å². The second-order valence-corrected chi connectivity index (χ2v) is 7.10. The van der Waals surface area contributed by atoms with Gasteiger partial charge in [0.2, 0.25) is 5.91 Å². The second kappa shape index (κ2) is 7.45. The summed E-state index contributed by atoms with van der Waals surface area (Å²) < 4.78 is 19.8. The van der Waals surface area contributed by atoms with Crippen LogP contribution in [0.3, 0.4) is 0 Å². The molecule has 0 aromatic heterocycles. The predicted octanol–water partition coefficient (Wildman–Crippen LogP) is 3.59. The van der Waals surface area contributed by atoms with Crippen LogP contribution in [0.4, 0.5) is 4.39 Å². The van der Waals surface area contributed by atoms with Gasteiger partial charge in [0.25, 0.3) is 0 Å². The smallest absolute Gasteiger partial charge is 0.338 e. The predicted molar refractivity (Wildman–Crippen MR) is 98.9 cm³/mol. The molecule has 0 radical (unpaired) electrons. The van der Waals surface area contributed by atoms with E-state index >= 15 is 0 Å². The van der Waals surface area contributed by atoms with Gasteiger partial charge in [0, 0.05) is 5.56 Å². The summed E-state index contributed by atoms with van der Waals surface area (Å²) >= 11 is 1.34. The molecule has 5 nitrogen and oxygen atoms in total. The minimum absolute atomic E-state index is 0.0243. The van der Waals surface area contributed by atoms with E-state index in [2.05, 4.69) is 11.6 Å². The van der Waals surface area contributed by atoms with Crippen molar-refractivity contribution in [2.24, 2.45) is 4.99 Å². The SMILES string of the molecule is C=CCOC(=O)C1=C(C)N=C2SC(CC)C(=O)N2C1c1ccccc1F. The molecule has 1 amide bonds. The van der Waals surface area contributed by atoms with E-state index in [1.807, 2.05) is 6.92 Å². The number of amidine groups is 1.